The Balaban J connectivity index is 1.82. The number of piperidine rings is 1. The van der Waals surface area contributed by atoms with E-state index in [4.69, 9.17) is 16.3 Å². The smallest absolute Gasteiger partial charge is 0.253 e. The number of sulfonamides is 1. The second-order valence-electron chi connectivity index (χ2n) is 8.21. The molecule has 1 aromatic carbocycles. The quantitative estimate of drug-likeness (QED) is 0.714. The second-order valence-corrected chi connectivity index (χ2v) is 10.5. The molecule has 2 heterocycles. The Morgan fingerprint density at radius 3 is 2.28 bits per heavy atom. The Morgan fingerprint density at radius 1 is 1.14 bits per heavy atom. The molecule has 0 radical (unpaired) electrons. The van der Waals surface area contributed by atoms with Crippen LogP contribution in [0.4, 0.5) is 0 Å². The van der Waals surface area contributed by atoms with Gasteiger partial charge in [-0.15, -0.1) is 0 Å². The fourth-order valence-corrected chi connectivity index (χ4v) is 6.16. The Labute approximate surface area is 178 Å². The minimum atomic E-state index is -3.82. The summed E-state index contributed by atoms with van der Waals surface area (Å²) in [5.41, 5.74) is 0.352. The van der Waals surface area contributed by atoms with Crippen molar-refractivity contribution < 1.29 is 17.9 Å². The van der Waals surface area contributed by atoms with E-state index in [1.54, 1.807) is 11.0 Å². The number of halogens is 1. The van der Waals surface area contributed by atoms with E-state index in [0.29, 0.717) is 24.7 Å². The van der Waals surface area contributed by atoms with Crippen molar-refractivity contribution in [3.05, 3.63) is 28.8 Å². The topological polar surface area (TPSA) is 70.2 Å². The van der Waals surface area contributed by atoms with Crippen LogP contribution in [-0.4, -0.2) is 87.0 Å². The van der Waals surface area contributed by atoms with Crippen LogP contribution in [0.15, 0.2) is 23.1 Å². The lowest BCUT2D eigenvalue weighted by atomic mass is 10.0. The van der Waals surface area contributed by atoms with Gasteiger partial charge in [-0.3, -0.25) is 4.79 Å². The largest absolute Gasteiger partial charge is 0.373 e. The minimum Gasteiger partial charge on any atom is -0.373 e. The van der Waals surface area contributed by atoms with Gasteiger partial charge >= 0.3 is 0 Å². The summed E-state index contributed by atoms with van der Waals surface area (Å²) < 4.78 is 33.5. The molecule has 2 fully saturated rings. The van der Waals surface area contributed by atoms with Crippen LogP contribution in [0.5, 0.6) is 0 Å². The molecule has 2 aliphatic heterocycles. The van der Waals surface area contributed by atoms with E-state index in [1.165, 1.54) is 16.4 Å². The van der Waals surface area contributed by atoms with Gasteiger partial charge in [-0.05, 0) is 59.0 Å². The minimum absolute atomic E-state index is 0.0190. The van der Waals surface area contributed by atoms with Crippen LogP contribution in [0.2, 0.25) is 5.02 Å². The number of hydrogen-bond donors (Lipinski definition) is 0. The third-order valence-electron chi connectivity index (χ3n) is 5.66. The monoisotopic (exact) mass is 443 g/mol. The molecule has 3 rings (SSSR count). The van der Waals surface area contributed by atoms with E-state index < -0.39 is 10.0 Å². The maximum atomic E-state index is 13.2. The van der Waals surface area contributed by atoms with Gasteiger partial charge in [0.05, 0.1) is 17.2 Å². The molecular formula is C20H30ClN3O4S. The zero-order chi connectivity index (χ0) is 21.3. The highest BCUT2D eigenvalue weighted by Gasteiger charge is 2.34. The van der Waals surface area contributed by atoms with Gasteiger partial charge in [0, 0.05) is 37.8 Å². The molecule has 0 N–H and O–H groups in total. The zero-order valence-corrected chi connectivity index (χ0v) is 19.0. The summed E-state index contributed by atoms with van der Waals surface area (Å²) in [5.74, 6) is -0.154. The van der Waals surface area contributed by atoms with Crippen molar-refractivity contribution in [2.24, 2.45) is 0 Å². The fourth-order valence-electron chi connectivity index (χ4n) is 4.07. The number of nitrogens with zero attached hydrogens (tertiary/aromatic N) is 3. The molecule has 1 aromatic rings. The number of likely N-dealkylation sites (tertiary alicyclic amines) is 1. The molecule has 2 atom stereocenters. The van der Waals surface area contributed by atoms with E-state index in [2.05, 4.69) is 4.90 Å². The number of carbonyl (C=O) groups excluding carboxylic acids is 1. The molecule has 162 valence electrons. The average Bonchev–Trinajstić information content (AvgIpc) is 2.67. The van der Waals surface area contributed by atoms with Crippen molar-refractivity contribution in [2.75, 3.05) is 40.3 Å². The van der Waals surface area contributed by atoms with Gasteiger partial charge in [0.1, 0.15) is 4.90 Å². The number of amides is 1. The van der Waals surface area contributed by atoms with Crippen LogP contribution < -0.4 is 0 Å². The molecule has 9 heteroatoms. The van der Waals surface area contributed by atoms with Gasteiger partial charge in [0.25, 0.3) is 5.91 Å². The fraction of sp³-hybridized carbons (Fsp3) is 0.650. The van der Waals surface area contributed by atoms with Crippen LogP contribution in [0, 0.1) is 0 Å². The standard InChI is InChI=1S/C20H30ClN3O4S/c1-14-12-24(13-15(2)28-14)29(26,27)19-11-16(5-6-18(19)21)20(25)23-9-7-17(8-10-23)22(3)4/h5-6,11,14-15,17H,7-10,12-13H2,1-4H3. The lowest BCUT2D eigenvalue weighted by Crippen LogP contribution is -2.48. The van der Waals surface area contributed by atoms with Gasteiger partial charge in [0.15, 0.2) is 0 Å². The third-order valence-corrected chi connectivity index (χ3v) is 7.98. The van der Waals surface area contributed by atoms with Crippen molar-refractivity contribution >= 4 is 27.5 Å². The van der Waals surface area contributed by atoms with E-state index in [1.807, 2.05) is 27.9 Å². The summed E-state index contributed by atoms with van der Waals surface area (Å²) in [4.78, 5) is 16.9. The van der Waals surface area contributed by atoms with Crippen LogP contribution in [-0.2, 0) is 14.8 Å². The predicted molar refractivity (Wildman–Crippen MR) is 113 cm³/mol. The molecule has 0 saturated carbocycles. The SMILES string of the molecule is CC1CN(S(=O)(=O)c2cc(C(=O)N3CCC(N(C)C)CC3)ccc2Cl)CC(C)O1. The molecule has 2 unspecified atom stereocenters. The second kappa shape index (κ2) is 8.89. The average molecular weight is 444 g/mol. The molecule has 0 bridgehead atoms. The van der Waals surface area contributed by atoms with Crippen molar-refractivity contribution in [3.63, 3.8) is 0 Å². The first-order valence-electron chi connectivity index (χ1n) is 10.0. The lowest BCUT2D eigenvalue weighted by Gasteiger charge is -2.35. The van der Waals surface area contributed by atoms with E-state index in [0.717, 1.165) is 12.8 Å². The predicted octanol–water partition coefficient (Wildman–Crippen LogP) is 2.30. The van der Waals surface area contributed by atoms with Crippen LogP contribution >= 0.6 is 11.6 Å². The lowest BCUT2D eigenvalue weighted by molar-refractivity contribution is -0.0440. The Bertz CT molecular complexity index is 843. The molecule has 7 nitrogen and oxygen atoms in total. The normalized spacial score (nSPS) is 24.8. The Morgan fingerprint density at radius 2 is 1.72 bits per heavy atom. The summed E-state index contributed by atoms with van der Waals surface area (Å²) in [7, 11) is 0.274. The molecule has 1 amide bonds. The molecule has 2 aliphatic rings. The van der Waals surface area contributed by atoms with Crippen LogP contribution in [0.3, 0.4) is 0 Å². The highest BCUT2D eigenvalue weighted by molar-refractivity contribution is 7.89. The van der Waals surface area contributed by atoms with E-state index in [-0.39, 0.29) is 41.1 Å². The first kappa shape index (κ1) is 22.5. The first-order chi connectivity index (χ1) is 13.6. The number of benzene rings is 1. The van der Waals surface area contributed by atoms with Gasteiger partial charge in [0.2, 0.25) is 10.0 Å². The summed E-state index contributed by atoms with van der Waals surface area (Å²) >= 11 is 6.25. The van der Waals surface area contributed by atoms with Crippen molar-refractivity contribution in [1.29, 1.82) is 0 Å². The van der Waals surface area contributed by atoms with Crippen molar-refractivity contribution in [3.8, 4) is 0 Å². The molecule has 0 aliphatic carbocycles. The maximum Gasteiger partial charge on any atom is 0.253 e. The van der Waals surface area contributed by atoms with E-state index in [9.17, 15) is 13.2 Å². The van der Waals surface area contributed by atoms with Crippen LogP contribution in [0.1, 0.15) is 37.0 Å². The van der Waals surface area contributed by atoms with Crippen molar-refractivity contribution in [2.45, 2.75) is 49.8 Å². The summed E-state index contributed by atoms with van der Waals surface area (Å²) in [6.45, 7) is 5.53. The van der Waals surface area contributed by atoms with Crippen molar-refractivity contribution in [1.82, 2.24) is 14.1 Å². The summed E-state index contributed by atoms with van der Waals surface area (Å²) in [6, 6.07) is 4.99. The number of rotatable bonds is 4. The summed E-state index contributed by atoms with van der Waals surface area (Å²) in [6.07, 6.45) is 1.41. The van der Waals surface area contributed by atoms with Crippen LogP contribution in [0.25, 0.3) is 0 Å². The third kappa shape index (κ3) is 4.94. The highest BCUT2D eigenvalue weighted by Crippen LogP contribution is 2.29. The van der Waals surface area contributed by atoms with Gasteiger partial charge in [-0.2, -0.15) is 4.31 Å². The molecule has 2 saturated heterocycles. The number of hydrogen-bond acceptors (Lipinski definition) is 5. The number of ether oxygens (including phenoxy) is 1. The maximum absolute atomic E-state index is 13.2. The number of carbonyl (C=O) groups is 1. The molecule has 0 aromatic heterocycles. The molecular weight excluding hydrogens is 414 g/mol. The molecule has 0 spiro atoms. The van der Waals surface area contributed by atoms with Gasteiger partial charge in [-0.25, -0.2) is 8.42 Å². The Kier molecular flexibility index (Phi) is 6.90. The Hall–Kier alpha value is -1.19. The van der Waals surface area contributed by atoms with Gasteiger partial charge < -0.3 is 14.5 Å². The number of morpholine rings is 1. The van der Waals surface area contributed by atoms with Gasteiger partial charge in [-0.1, -0.05) is 11.6 Å². The zero-order valence-electron chi connectivity index (χ0n) is 17.5. The first-order valence-corrected chi connectivity index (χ1v) is 11.8. The van der Waals surface area contributed by atoms with E-state index >= 15 is 0 Å². The molecule has 29 heavy (non-hydrogen) atoms. The summed E-state index contributed by atoms with van der Waals surface area (Å²) in [5, 5.41) is 0.125. The highest BCUT2D eigenvalue weighted by atomic mass is 35.5.